The minimum absolute atomic E-state index is 0.209. The molecule has 0 radical (unpaired) electrons. The van der Waals surface area contributed by atoms with Gasteiger partial charge < -0.3 is 9.13 Å². The van der Waals surface area contributed by atoms with Crippen molar-refractivity contribution in [3.8, 4) is 0 Å². The van der Waals surface area contributed by atoms with Gasteiger partial charge in [-0.05, 0) is 56.1 Å². The molecule has 4 nitrogen and oxygen atoms in total. The number of piperazine rings is 1. The molecule has 3 heterocycles. The van der Waals surface area contributed by atoms with E-state index in [4.69, 9.17) is 0 Å². The molecule has 0 aliphatic carbocycles. The van der Waals surface area contributed by atoms with Crippen molar-refractivity contribution in [3.63, 3.8) is 0 Å². The van der Waals surface area contributed by atoms with Gasteiger partial charge in [0.25, 0.3) is 0 Å². The maximum Gasteiger partial charge on any atom is 0.0978 e. The molecule has 2 unspecified atom stereocenters. The molecule has 6 heteroatoms. The number of hydrogen-bond donors (Lipinski definition) is 2. The monoisotopic (exact) mass is 472 g/mol. The Morgan fingerprint density at radius 1 is 0.692 bits per heavy atom. The second-order valence-corrected chi connectivity index (χ2v) is 8.26. The van der Waals surface area contributed by atoms with Crippen molar-refractivity contribution < 1.29 is 0 Å². The second kappa shape index (κ2) is 6.53. The standard InChI is InChI=1S/C20H18Br2N4/c21-17-9-13-5-1-3-7-15(13)25(17)19-11-24-20(12-23-19)26-16-8-4-2-6-14(16)10-18(26)22/h1-10,19-20,23-24H,11-12H2. The Morgan fingerprint density at radius 2 is 1.12 bits per heavy atom. The molecule has 0 amide bonds. The maximum absolute atomic E-state index is 3.73. The van der Waals surface area contributed by atoms with Crippen LogP contribution in [0.3, 0.4) is 0 Å². The van der Waals surface area contributed by atoms with Gasteiger partial charge in [-0.15, -0.1) is 0 Å². The lowest BCUT2D eigenvalue weighted by molar-refractivity contribution is 0.247. The Hall–Kier alpha value is -1.60. The first-order valence-electron chi connectivity index (χ1n) is 8.70. The van der Waals surface area contributed by atoms with Gasteiger partial charge in [-0.2, -0.15) is 0 Å². The third-order valence-corrected chi connectivity index (χ3v) is 6.34. The molecule has 0 saturated carbocycles. The third-order valence-electron chi connectivity index (χ3n) is 5.12. The van der Waals surface area contributed by atoms with E-state index >= 15 is 0 Å². The number of halogens is 2. The second-order valence-electron chi connectivity index (χ2n) is 6.64. The zero-order chi connectivity index (χ0) is 17.7. The highest BCUT2D eigenvalue weighted by molar-refractivity contribution is 9.10. The fourth-order valence-corrected chi connectivity index (χ4v) is 5.29. The van der Waals surface area contributed by atoms with E-state index < -0.39 is 0 Å². The number of para-hydroxylation sites is 2. The molecule has 4 aromatic rings. The van der Waals surface area contributed by atoms with E-state index in [9.17, 15) is 0 Å². The van der Waals surface area contributed by atoms with E-state index in [1.165, 1.54) is 21.8 Å². The molecule has 1 aliphatic rings. The van der Waals surface area contributed by atoms with Crippen LogP contribution in [0.1, 0.15) is 12.3 Å². The van der Waals surface area contributed by atoms with E-state index in [2.05, 4.69) is 112 Å². The number of hydrogen-bond acceptors (Lipinski definition) is 2. The largest absolute Gasteiger partial charge is 0.318 e. The summed E-state index contributed by atoms with van der Waals surface area (Å²) in [6.45, 7) is 1.70. The molecule has 0 bridgehead atoms. The highest BCUT2D eigenvalue weighted by Crippen LogP contribution is 2.31. The smallest absolute Gasteiger partial charge is 0.0978 e. The van der Waals surface area contributed by atoms with Crippen LogP contribution in [-0.2, 0) is 0 Å². The third kappa shape index (κ3) is 2.63. The predicted octanol–water partition coefficient (Wildman–Crippen LogP) is 5.01. The van der Waals surface area contributed by atoms with Crippen LogP contribution in [0.2, 0.25) is 0 Å². The molecule has 2 N–H and O–H groups in total. The molecule has 132 valence electrons. The predicted molar refractivity (Wildman–Crippen MR) is 113 cm³/mol. The number of benzene rings is 2. The van der Waals surface area contributed by atoms with Crippen molar-refractivity contribution in [1.82, 2.24) is 19.8 Å². The van der Waals surface area contributed by atoms with Gasteiger partial charge in [0, 0.05) is 23.9 Å². The van der Waals surface area contributed by atoms with E-state index in [0.717, 1.165) is 22.3 Å². The summed E-state index contributed by atoms with van der Waals surface area (Å²) in [7, 11) is 0. The van der Waals surface area contributed by atoms with Crippen LogP contribution in [0.15, 0.2) is 69.9 Å². The lowest BCUT2D eigenvalue weighted by Crippen LogP contribution is -2.49. The Kier molecular flexibility index (Phi) is 4.16. The lowest BCUT2D eigenvalue weighted by Gasteiger charge is -2.34. The van der Waals surface area contributed by atoms with Crippen LogP contribution >= 0.6 is 31.9 Å². The fraction of sp³-hybridized carbons (Fsp3) is 0.200. The van der Waals surface area contributed by atoms with E-state index in [1.54, 1.807) is 0 Å². The first-order chi connectivity index (χ1) is 12.7. The molecule has 26 heavy (non-hydrogen) atoms. The minimum Gasteiger partial charge on any atom is -0.318 e. The lowest BCUT2D eigenvalue weighted by atomic mass is 10.2. The topological polar surface area (TPSA) is 33.9 Å². The number of aromatic nitrogens is 2. The van der Waals surface area contributed by atoms with Crippen LogP contribution in [0.25, 0.3) is 21.8 Å². The highest BCUT2D eigenvalue weighted by atomic mass is 79.9. The number of rotatable bonds is 2. The van der Waals surface area contributed by atoms with Gasteiger partial charge >= 0.3 is 0 Å². The summed E-state index contributed by atoms with van der Waals surface area (Å²) in [5.74, 6) is 0. The van der Waals surface area contributed by atoms with Gasteiger partial charge in [0.05, 0.1) is 32.6 Å². The fourth-order valence-electron chi connectivity index (χ4n) is 3.92. The quantitative estimate of drug-likeness (QED) is 0.429. The van der Waals surface area contributed by atoms with E-state index in [-0.39, 0.29) is 12.3 Å². The SMILES string of the molecule is Brc1cc2ccccc2n1C1CNC(n2c(Br)cc3ccccc32)CN1. The average Bonchev–Trinajstić information content (AvgIpc) is 3.17. The minimum atomic E-state index is 0.209. The summed E-state index contributed by atoms with van der Waals surface area (Å²) in [4.78, 5) is 0. The van der Waals surface area contributed by atoms with Gasteiger partial charge in [0.1, 0.15) is 0 Å². The zero-order valence-corrected chi connectivity index (χ0v) is 17.2. The summed E-state index contributed by atoms with van der Waals surface area (Å²) in [6, 6.07) is 21.3. The van der Waals surface area contributed by atoms with Crippen LogP contribution in [-0.4, -0.2) is 22.2 Å². The Bertz CT molecular complexity index is 1000. The average molecular weight is 474 g/mol. The zero-order valence-electron chi connectivity index (χ0n) is 14.0. The molecule has 1 fully saturated rings. The molecular weight excluding hydrogens is 456 g/mol. The van der Waals surface area contributed by atoms with Gasteiger partial charge in [0.15, 0.2) is 0 Å². The summed E-state index contributed by atoms with van der Waals surface area (Å²) in [5, 5.41) is 9.93. The normalized spacial score (nSPS) is 20.8. The summed E-state index contributed by atoms with van der Waals surface area (Å²) in [5.41, 5.74) is 2.48. The molecule has 0 spiro atoms. The van der Waals surface area contributed by atoms with Crippen LogP contribution in [0.4, 0.5) is 0 Å². The van der Waals surface area contributed by atoms with Gasteiger partial charge in [-0.3, -0.25) is 10.6 Å². The van der Waals surface area contributed by atoms with Crippen LogP contribution < -0.4 is 10.6 Å². The molecular formula is C20H18Br2N4. The van der Waals surface area contributed by atoms with Crippen molar-refractivity contribution in [2.45, 2.75) is 12.3 Å². The molecule has 1 aliphatic heterocycles. The Morgan fingerprint density at radius 3 is 1.54 bits per heavy atom. The first-order valence-corrected chi connectivity index (χ1v) is 10.3. The summed E-state index contributed by atoms with van der Waals surface area (Å²) < 4.78 is 6.84. The van der Waals surface area contributed by atoms with Gasteiger partial charge in [-0.1, -0.05) is 36.4 Å². The van der Waals surface area contributed by atoms with Crippen molar-refractivity contribution in [3.05, 3.63) is 69.9 Å². The van der Waals surface area contributed by atoms with Crippen molar-refractivity contribution in [1.29, 1.82) is 0 Å². The number of nitrogens with one attached hydrogen (secondary N) is 2. The number of fused-ring (bicyclic) bond motifs is 2. The summed E-state index contributed by atoms with van der Waals surface area (Å²) >= 11 is 7.45. The summed E-state index contributed by atoms with van der Waals surface area (Å²) in [6.07, 6.45) is 0.419. The van der Waals surface area contributed by atoms with Gasteiger partial charge in [-0.25, -0.2) is 0 Å². The molecule has 2 atom stereocenters. The molecule has 2 aromatic carbocycles. The number of nitrogens with zero attached hydrogens (tertiary/aromatic N) is 2. The first kappa shape index (κ1) is 16.6. The molecule has 1 saturated heterocycles. The van der Waals surface area contributed by atoms with E-state index in [1.807, 2.05) is 0 Å². The van der Waals surface area contributed by atoms with Gasteiger partial charge in [0.2, 0.25) is 0 Å². The van der Waals surface area contributed by atoms with E-state index in [0.29, 0.717) is 0 Å². The van der Waals surface area contributed by atoms with Crippen LogP contribution in [0, 0.1) is 0 Å². The molecule has 2 aromatic heterocycles. The van der Waals surface area contributed by atoms with Crippen molar-refractivity contribution in [2.75, 3.05) is 13.1 Å². The van der Waals surface area contributed by atoms with Crippen molar-refractivity contribution >= 4 is 53.7 Å². The van der Waals surface area contributed by atoms with Crippen LogP contribution in [0.5, 0.6) is 0 Å². The molecule has 5 rings (SSSR count). The van der Waals surface area contributed by atoms with Crippen molar-refractivity contribution in [2.24, 2.45) is 0 Å². The Balaban J connectivity index is 1.44. The Labute approximate surface area is 168 Å². The maximum atomic E-state index is 3.73. The highest BCUT2D eigenvalue weighted by Gasteiger charge is 2.26.